The standard InChI is InChI=1S/C31H35N2.ClHO4/c1-8-21-16-18-25-24(20-21)30(2,3)27(32(25)6)14-11-15-28-31(4,5)29-23-13-10-9-12-22(23)17-19-26(29)33(28)7;2-1(3,4)5/h9-20H,8H2,1-7H3;(H,2,3,4,5)/q+1;/p-1. The lowest BCUT2D eigenvalue weighted by Crippen LogP contribution is -2.68. The maximum Gasteiger partial charge on any atom is 0.210 e. The topological polar surface area (TPSA) is 98.5 Å². The van der Waals surface area contributed by atoms with Crippen LogP contribution in [-0.2, 0) is 17.3 Å². The molecule has 0 aliphatic carbocycles. The minimum Gasteiger partial charge on any atom is -0.347 e. The number of aryl methyl sites for hydroxylation is 1. The van der Waals surface area contributed by atoms with E-state index in [0.29, 0.717) is 0 Å². The monoisotopic (exact) mass is 534 g/mol. The van der Waals surface area contributed by atoms with Crippen LogP contribution in [0.15, 0.2) is 78.5 Å². The largest absolute Gasteiger partial charge is 0.347 e. The number of nitrogens with zero attached hydrogens (tertiary/aromatic N) is 2. The molecule has 0 unspecified atom stereocenters. The van der Waals surface area contributed by atoms with E-state index in [4.69, 9.17) is 18.6 Å². The Bertz CT molecular complexity index is 1470. The van der Waals surface area contributed by atoms with Crippen LogP contribution in [0, 0.1) is 10.2 Å². The molecule has 0 atom stereocenters. The van der Waals surface area contributed by atoms with E-state index >= 15 is 0 Å². The molecular formula is C31H35ClN2O4. The fraction of sp³-hybridized carbons (Fsp3) is 0.323. The number of halogens is 1. The smallest absolute Gasteiger partial charge is 0.210 e. The normalized spacial score (nSPS) is 18.7. The van der Waals surface area contributed by atoms with Crippen molar-refractivity contribution >= 4 is 27.9 Å². The van der Waals surface area contributed by atoms with Crippen molar-refractivity contribution in [3.05, 3.63) is 95.2 Å². The summed E-state index contributed by atoms with van der Waals surface area (Å²) in [5.41, 5.74) is 9.48. The Hall–Kier alpha value is -3.00. The second-order valence-electron chi connectivity index (χ2n) is 10.9. The van der Waals surface area contributed by atoms with Gasteiger partial charge in [0.1, 0.15) is 7.05 Å². The van der Waals surface area contributed by atoms with Gasteiger partial charge in [0.05, 0.1) is 5.41 Å². The number of rotatable bonds is 3. The summed E-state index contributed by atoms with van der Waals surface area (Å²) in [6.45, 7) is 11.6. The summed E-state index contributed by atoms with van der Waals surface area (Å²) in [6.07, 6.45) is 7.94. The fourth-order valence-electron chi connectivity index (χ4n) is 6.03. The first-order valence-electron chi connectivity index (χ1n) is 12.7. The molecule has 0 spiro atoms. The van der Waals surface area contributed by atoms with E-state index in [1.54, 1.807) is 0 Å². The number of fused-ring (bicyclic) bond motifs is 4. The lowest BCUT2D eigenvalue weighted by atomic mass is 9.79. The van der Waals surface area contributed by atoms with Crippen molar-refractivity contribution in [2.24, 2.45) is 0 Å². The zero-order chi connectivity index (χ0) is 28.0. The van der Waals surface area contributed by atoms with Crippen LogP contribution in [0.4, 0.5) is 11.4 Å². The van der Waals surface area contributed by atoms with Crippen molar-refractivity contribution in [1.29, 1.82) is 0 Å². The van der Waals surface area contributed by atoms with Gasteiger partial charge in [-0.25, -0.2) is 18.6 Å². The predicted molar refractivity (Wildman–Crippen MR) is 142 cm³/mol. The fourth-order valence-corrected chi connectivity index (χ4v) is 6.03. The molecule has 0 amide bonds. The molecule has 3 aromatic carbocycles. The molecule has 0 fully saturated rings. The number of likely N-dealkylation sites (N-methyl/N-ethyl adjacent to an activating group) is 1. The Labute approximate surface area is 227 Å². The first kappa shape index (κ1) is 28.0. The number of hydrogen-bond acceptors (Lipinski definition) is 5. The molecule has 2 aliphatic rings. The summed E-state index contributed by atoms with van der Waals surface area (Å²) >= 11 is 0. The van der Waals surface area contributed by atoms with Crippen LogP contribution in [0.1, 0.15) is 51.3 Å². The lowest BCUT2D eigenvalue weighted by Gasteiger charge is -2.24. The zero-order valence-corrected chi connectivity index (χ0v) is 23.8. The van der Waals surface area contributed by atoms with Gasteiger partial charge >= 0.3 is 0 Å². The highest BCUT2D eigenvalue weighted by molar-refractivity contribution is 6.07. The van der Waals surface area contributed by atoms with E-state index in [1.807, 2.05) is 0 Å². The molecule has 0 N–H and O–H groups in total. The molecule has 3 aromatic rings. The number of allylic oxidation sites excluding steroid dienone is 4. The SMILES string of the molecule is CCc1ccc2c(c1)C(C)(C)C(=CC=CC1=[N+](C)c3ccc4ccccc4c3C1(C)C)N2C.[O-][Cl+3]([O-])([O-])[O-]. The minimum atomic E-state index is -4.94. The van der Waals surface area contributed by atoms with Gasteiger partial charge in [-0.2, -0.15) is 4.58 Å². The Kier molecular flexibility index (Phi) is 7.34. The third-order valence-electron chi connectivity index (χ3n) is 7.91. The van der Waals surface area contributed by atoms with Gasteiger partial charge in [-0.3, -0.25) is 0 Å². The summed E-state index contributed by atoms with van der Waals surface area (Å²) in [4.78, 5) is 2.36. The average Bonchev–Trinajstić information content (AvgIpc) is 3.16. The van der Waals surface area contributed by atoms with Crippen molar-refractivity contribution in [2.45, 2.75) is 51.9 Å². The van der Waals surface area contributed by atoms with Crippen LogP contribution >= 0.6 is 0 Å². The van der Waals surface area contributed by atoms with E-state index in [1.165, 1.54) is 50.2 Å². The molecule has 200 valence electrons. The number of anilines is 1. The summed E-state index contributed by atoms with van der Waals surface area (Å²) in [5.74, 6) is 0. The zero-order valence-electron chi connectivity index (χ0n) is 23.0. The van der Waals surface area contributed by atoms with E-state index < -0.39 is 10.2 Å². The molecule has 6 nitrogen and oxygen atoms in total. The average molecular weight is 535 g/mol. The van der Waals surface area contributed by atoms with E-state index in [-0.39, 0.29) is 10.8 Å². The summed E-state index contributed by atoms with van der Waals surface area (Å²) in [7, 11) is -0.553. The Morgan fingerprint density at radius 2 is 1.58 bits per heavy atom. The predicted octanol–water partition coefficient (Wildman–Crippen LogP) is 2.52. The highest BCUT2D eigenvalue weighted by Crippen LogP contribution is 2.47. The third kappa shape index (κ3) is 5.03. The van der Waals surface area contributed by atoms with Gasteiger partial charge in [-0.15, -0.1) is 10.2 Å². The summed E-state index contributed by atoms with van der Waals surface area (Å²) in [5, 5.41) is 2.66. The van der Waals surface area contributed by atoms with Crippen LogP contribution in [0.5, 0.6) is 0 Å². The molecule has 7 heteroatoms. The van der Waals surface area contributed by atoms with Crippen molar-refractivity contribution < 1.29 is 33.5 Å². The maximum absolute atomic E-state index is 8.49. The molecule has 0 saturated heterocycles. The third-order valence-corrected chi connectivity index (χ3v) is 7.91. The molecule has 5 rings (SSSR count). The van der Waals surface area contributed by atoms with Crippen molar-refractivity contribution in [1.82, 2.24) is 0 Å². The first-order chi connectivity index (χ1) is 17.7. The van der Waals surface area contributed by atoms with Gasteiger partial charge in [0, 0.05) is 41.6 Å². The summed E-state index contributed by atoms with van der Waals surface area (Å²) < 4.78 is 36.3. The molecule has 2 aliphatic heterocycles. The molecule has 0 radical (unpaired) electrons. The van der Waals surface area contributed by atoms with Crippen LogP contribution in [0.2, 0.25) is 0 Å². The van der Waals surface area contributed by atoms with Gasteiger partial charge in [-0.1, -0.05) is 63.2 Å². The van der Waals surface area contributed by atoms with Gasteiger partial charge < -0.3 is 4.90 Å². The van der Waals surface area contributed by atoms with Crippen molar-refractivity contribution in [2.75, 3.05) is 19.0 Å². The van der Waals surface area contributed by atoms with E-state index in [9.17, 15) is 0 Å². The van der Waals surface area contributed by atoms with Gasteiger partial charge in [-0.05, 0) is 60.4 Å². The van der Waals surface area contributed by atoms with Crippen LogP contribution in [0.3, 0.4) is 0 Å². The summed E-state index contributed by atoms with van der Waals surface area (Å²) in [6, 6.07) is 20.2. The highest BCUT2D eigenvalue weighted by atomic mass is 35.7. The molecule has 0 aromatic heterocycles. The Morgan fingerprint density at radius 1 is 0.921 bits per heavy atom. The molecule has 0 saturated carbocycles. The second kappa shape index (κ2) is 9.95. The minimum absolute atomic E-state index is 0.0134. The molecule has 38 heavy (non-hydrogen) atoms. The van der Waals surface area contributed by atoms with Crippen LogP contribution in [0.25, 0.3) is 10.8 Å². The molecule has 0 bridgehead atoms. The number of hydrogen-bond donors (Lipinski definition) is 0. The maximum atomic E-state index is 8.49. The van der Waals surface area contributed by atoms with Crippen molar-refractivity contribution in [3.63, 3.8) is 0 Å². The van der Waals surface area contributed by atoms with Gasteiger partial charge in [0.2, 0.25) is 5.69 Å². The lowest BCUT2D eigenvalue weighted by molar-refractivity contribution is -2.00. The van der Waals surface area contributed by atoms with Gasteiger partial charge in [0.25, 0.3) is 0 Å². The van der Waals surface area contributed by atoms with Crippen LogP contribution in [-0.4, -0.2) is 24.4 Å². The van der Waals surface area contributed by atoms with Crippen LogP contribution < -0.4 is 23.5 Å². The second-order valence-corrected chi connectivity index (χ2v) is 11.7. The number of benzene rings is 3. The van der Waals surface area contributed by atoms with E-state index in [0.717, 1.165) is 6.42 Å². The Balaban J connectivity index is 0.000000617. The van der Waals surface area contributed by atoms with Crippen molar-refractivity contribution in [3.8, 4) is 0 Å². The Morgan fingerprint density at radius 3 is 2.24 bits per heavy atom. The first-order valence-corrected chi connectivity index (χ1v) is 13.9. The highest BCUT2D eigenvalue weighted by Gasteiger charge is 2.44. The molecule has 2 heterocycles. The van der Waals surface area contributed by atoms with E-state index in [2.05, 4.69) is 131 Å². The quantitative estimate of drug-likeness (QED) is 0.481. The van der Waals surface area contributed by atoms with Gasteiger partial charge in [0.15, 0.2) is 5.71 Å². The molecular weight excluding hydrogens is 500 g/mol.